The lowest BCUT2D eigenvalue weighted by Crippen LogP contribution is -2.38. The first kappa shape index (κ1) is 14.0. The van der Waals surface area contributed by atoms with Gasteiger partial charge in [-0.1, -0.05) is 18.6 Å². The minimum atomic E-state index is -0.317. The first-order valence-corrected chi connectivity index (χ1v) is 7.48. The highest BCUT2D eigenvalue weighted by atomic mass is 16.5. The molecule has 0 bridgehead atoms. The Morgan fingerprint density at radius 2 is 2.06 bits per heavy atom. The van der Waals surface area contributed by atoms with E-state index in [2.05, 4.69) is 17.1 Å². The molecule has 1 N–H and O–H groups in total. The summed E-state index contributed by atoms with van der Waals surface area (Å²) in [7, 11) is 0. The largest absolute Gasteiger partial charge is 0.389 e. The van der Waals surface area contributed by atoms with E-state index in [0.717, 1.165) is 32.7 Å². The minimum Gasteiger partial charge on any atom is -0.389 e. The van der Waals surface area contributed by atoms with Gasteiger partial charge in [-0.05, 0) is 51.1 Å². The average Bonchev–Trinajstić information content (AvgIpc) is 2.41. The molecule has 0 aromatic carbocycles. The molecule has 0 saturated carbocycles. The number of rotatable bonds is 6. The number of nitrogens with zero attached hydrogens (tertiary/aromatic N) is 1. The van der Waals surface area contributed by atoms with Gasteiger partial charge in [0.25, 0.3) is 0 Å². The molecule has 1 heterocycles. The van der Waals surface area contributed by atoms with Crippen molar-refractivity contribution < 1.29 is 9.84 Å². The minimum absolute atomic E-state index is 0.317. The zero-order chi connectivity index (χ0) is 12.6. The lowest BCUT2D eigenvalue weighted by Gasteiger charge is -2.28. The molecule has 2 aliphatic rings. The molecular weight excluding hydrogens is 226 g/mol. The van der Waals surface area contributed by atoms with Crippen LogP contribution in [0, 0.1) is 5.92 Å². The standard InChI is InChI=1S/C15H27NO2/c17-15(11-16-9-5-2-6-10-16)13-18-12-14-7-3-1-4-8-14/h1,3,14-15,17H,2,4-13H2/t14-,15-/m0/s1. The highest BCUT2D eigenvalue weighted by Gasteiger charge is 2.15. The number of ether oxygens (including phenoxy) is 1. The van der Waals surface area contributed by atoms with Crippen molar-refractivity contribution >= 4 is 0 Å². The Kier molecular flexibility index (Phi) is 6.18. The third-order valence-corrected chi connectivity index (χ3v) is 3.96. The number of piperidine rings is 1. The van der Waals surface area contributed by atoms with Gasteiger partial charge in [-0.3, -0.25) is 0 Å². The van der Waals surface area contributed by atoms with E-state index in [4.69, 9.17) is 4.74 Å². The lowest BCUT2D eigenvalue weighted by molar-refractivity contribution is 0.00120. The molecule has 104 valence electrons. The van der Waals surface area contributed by atoms with E-state index in [9.17, 15) is 5.11 Å². The van der Waals surface area contributed by atoms with Crippen LogP contribution in [0.25, 0.3) is 0 Å². The topological polar surface area (TPSA) is 32.7 Å². The molecule has 2 atom stereocenters. The van der Waals surface area contributed by atoms with Gasteiger partial charge in [-0.15, -0.1) is 0 Å². The summed E-state index contributed by atoms with van der Waals surface area (Å²) in [5.41, 5.74) is 0. The highest BCUT2D eigenvalue weighted by Crippen LogP contribution is 2.18. The summed E-state index contributed by atoms with van der Waals surface area (Å²) in [6.07, 6.45) is 11.7. The molecule has 0 unspecified atom stereocenters. The van der Waals surface area contributed by atoms with Crippen molar-refractivity contribution in [2.45, 2.75) is 44.6 Å². The van der Waals surface area contributed by atoms with Gasteiger partial charge in [0.05, 0.1) is 12.7 Å². The van der Waals surface area contributed by atoms with E-state index in [1.807, 2.05) is 0 Å². The van der Waals surface area contributed by atoms with Gasteiger partial charge in [0.2, 0.25) is 0 Å². The second kappa shape index (κ2) is 7.93. The van der Waals surface area contributed by atoms with Gasteiger partial charge in [0.1, 0.15) is 0 Å². The van der Waals surface area contributed by atoms with Crippen molar-refractivity contribution in [3.8, 4) is 0 Å². The third-order valence-electron chi connectivity index (χ3n) is 3.96. The molecule has 0 aromatic rings. The van der Waals surface area contributed by atoms with Gasteiger partial charge in [-0.25, -0.2) is 0 Å². The van der Waals surface area contributed by atoms with Crippen LogP contribution in [0.4, 0.5) is 0 Å². The van der Waals surface area contributed by atoms with Crippen LogP contribution in [-0.2, 0) is 4.74 Å². The van der Waals surface area contributed by atoms with Crippen molar-refractivity contribution in [3.63, 3.8) is 0 Å². The Balaban J connectivity index is 1.53. The summed E-state index contributed by atoms with van der Waals surface area (Å²) in [6.45, 7) is 4.37. The Labute approximate surface area is 111 Å². The molecule has 0 aromatic heterocycles. The highest BCUT2D eigenvalue weighted by molar-refractivity contribution is 4.89. The molecule has 3 nitrogen and oxygen atoms in total. The van der Waals surface area contributed by atoms with Crippen LogP contribution in [0.5, 0.6) is 0 Å². The number of aliphatic hydroxyl groups excluding tert-OH is 1. The lowest BCUT2D eigenvalue weighted by atomic mass is 9.95. The Bertz CT molecular complexity index is 249. The number of hydrogen-bond acceptors (Lipinski definition) is 3. The van der Waals surface area contributed by atoms with Crippen LogP contribution in [0.15, 0.2) is 12.2 Å². The summed E-state index contributed by atoms with van der Waals surface area (Å²) in [5.74, 6) is 0.664. The van der Waals surface area contributed by atoms with E-state index in [1.54, 1.807) is 0 Å². The van der Waals surface area contributed by atoms with Crippen molar-refractivity contribution in [2.24, 2.45) is 5.92 Å². The molecule has 1 aliphatic carbocycles. The zero-order valence-corrected chi connectivity index (χ0v) is 11.4. The number of hydrogen-bond donors (Lipinski definition) is 1. The Morgan fingerprint density at radius 3 is 2.78 bits per heavy atom. The predicted molar refractivity (Wildman–Crippen MR) is 73.6 cm³/mol. The van der Waals surface area contributed by atoms with Crippen LogP contribution in [0.2, 0.25) is 0 Å². The van der Waals surface area contributed by atoms with Crippen molar-refractivity contribution in [1.82, 2.24) is 4.90 Å². The molecule has 0 radical (unpaired) electrons. The van der Waals surface area contributed by atoms with Gasteiger partial charge in [0, 0.05) is 13.2 Å². The maximum absolute atomic E-state index is 9.95. The molecule has 18 heavy (non-hydrogen) atoms. The smallest absolute Gasteiger partial charge is 0.0900 e. The second-order valence-corrected chi connectivity index (χ2v) is 5.70. The van der Waals surface area contributed by atoms with Gasteiger partial charge >= 0.3 is 0 Å². The summed E-state index contributed by atoms with van der Waals surface area (Å²) < 4.78 is 5.67. The number of β-amino-alcohol motifs (C(OH)–C–C–N with tert-alkyl or cyclic N) is 1. The first-order valence-electron chi connectivity index (χ1n) is 7.48. The monoisotopic (exact) mass is 253 g/mol. The van der Waals surface area contributed by atoms with Crippen molar-refractivity contribution in [3.05, 3.63) is 12.2 Å². The number of aliphatic hydroxyl groups is 1. The zero-order valence-electron chi connectivity index (χ0n) is 11.4. The van der Waals surface area contributed by atoms with Crippen LogP contribution < -0.4 is 0 Å². The SMILES string of the molecule is O[C@H](COC[C@H]1CC=CCC1)CN1CCCCC1. The van der Waals surface area contributed by atoms with Gasteiger partial charge in [-0.2, -0.15) is 0 Å². The van der Waals surface area contributed by atoms with Crippen LogP contribution >= 0.6 is 0 Å². The van der Waals surface area contributed by atoms with Crippen LogP contribution in [0.1, 0.15) is 38.5 Å². The van der Waals surface area contributed by atoms with E-state index in [0.29, 0.717) is 12.5 Å². The summed E-state index contributed by atoms with van der Waals surface area (Å²) in [5, 5.41) is 9.95. The fraction of sp³-hybridized carbons (Fsp3) is 0.867. The fourth-order valence-electron chi connectivity index (χ4n) is 2.87. The normalized spacial score (nSPS) is 27.3. The summed E-state index contributed by atoms with van der Waals surface area (Å²) >= 11 is 0. The van der Waals surface area contributed by atoms with Crippen LogP contribution in [0.3, 0.4) is 0 Å². The first-order chi connectivity index (χ1) is 8.84. The van der Waals surface area contributed by atoms with Crippen LogP contribution in [-0.4, -0.2) is 49.0 Å². The maximum Gasteiger partial charge on any atom is 0.0900 e. The quantitative estimate of drug-likeness (QED) is 0.737. The molecule has 1 fully saturated rings. The summed E-state index contributed by atoms with van der Waals surface area (Å²) in [6, 6.07) is 0. The maximum atomic E-state index is 9.95. The van der Waals surface area contributed by atoms with E-state index >= 15 is 0 Å². The number of allylic oxidation sites excluding steroid dienone is 2. The molecule has 3 heteroatoms. The molecule has 0 amide bonds. The Hall–Kier alpha value is -0.380. The molecule has 1 saturated heterocycles. The van der Waals surface area contributed by atoms with E-state index in [-0.39, 0.29) is 6.10 Å². The van der Waals surface area contributed by atoms with Gasteiger partial charge in [0.15, 0.2) is 0 Å². The fourth-order valence-corrected chi connectivity index (χ4v) is 2.87. The predicted octanol–water partition coefficient (Wildman–Crippen LogP) is 2.21. The molecule has 2 rings (SSSR count). The third kappa shape index (κ3) is 5.09. The van der Waals surface area contributed by atoms with Crippen molar-refractivity contribution in [1.29, 1.82) is 0 Å². The molecule has 0 spiro atoms. The van der Waals surface area contributed by atoms with E-state index in [1.165, 1.54) is 32.1 Å². The Morgan fingerprint density at radius 1 is 1.22 bits per heavy atom. The van der Waals surface area contributed by atoms with Gasteiger partial charge < -0.3 is 14.7 Å². The average molecular weight is 253 g/mol. The molecule has 1 aliphatic heterocycles. The summed E-state index contributed by atoms with van der Waals surface area (Å²) in [4.78, 5) is 2.36. The van der Waals surface area contributed by atoms with Crippen molar-refractivity contribution in [2.75, 3.05) is 32.8 Å². The number of likely N-dealkylation sites (tertiary alicyclic amines) is 1. The molecular formula is C15H27NO2. The van der Waals surface area contributed by atoms with E-state index < -0.39 is 0 Å². The second-order valence-electron chi connectivity index (χ2n) is 5.70.